The maximum atomic E-state index is 12.2. The monoisotopic (exact) mass is 404 g/mol. The van der Waals surface area contributed by atoms with Crippen LogP contribution in [-0.4, -0.2) is 46.0 Å². The van der Waals surface area contributed by atoms with Gasteiger partial charge in [0.05, 0.1) is 37.6 Å². The van der Waals surface area contributed by atoms with Crippen molar-refractivity contribution in [1.29, 1.82) is 0 Å². The predicted molar refractivity (Wildman–Crippen MR) is 110 cm³/mol. The molecule has 4 rings (SSSR count). The second-order valence-electron chi connectivity index (χ2n) is 6.68. The maximum Gasteiger partial charge on any atom is 0.360 e. The SMILES string of the molecule is CCc1nn2c(CC(=O)OC)c(C(=O)OC)nnc2c1-c1cccc2ccccc12. The van der Waals surface area contributed by atoms with Crippen LogP contribution >= 0.6 is 0 Å². The number of rotatable bonds is 5. The number of aryl methyl sites for hydroxylation is 1. The highest BCUT2D eigenvalue weighted by molar-refractivity contribution is 6.00. The molecule has 2 heterocycles. The highest BCUT2D eigenvalue weighted by Gasteiger charge is 2.26. The Kier molecular flexibility index (Phi) is 5.14. The highest BCUT2D eigenvalue weighted by Crippen LogP contribution is 2.34. The number of carbonyl (C=O) groups is 2. The van der Waals surface area contributed by atoms with Gasteiger partial charge in [-0.25, -0.2) is 9.31 Å². The molecule has 0 unspecified atom stereocenters. The maximum absolute atomic E-state index is 12.2. The van der Waals surface area contributed by atoms with E-state index in [1.54, 1.807) is 0 Å². The van der Waals surface area contributed by atoms with E-state index in [9.17, 15) is 9.59 Å². The molecule has 152 valence electrons. The zero-order valence-electron chi connectivity index (χ0n) is 16.9. The summed E-state index contributed by atoms with van der Waals surface area (Å²) in [5.74, 6) is -1.21. The van der Waals surface area contributed by atoms with E-state index in [0.29, 0.717) is 12.1 Å². The number of benzene rings is 2. The highest BCUT2D eigenvalue weighted by atomic mass is 16.5. The van der Waals surface area contributed by atoms with Crippen LogP contribution in [0.3, 0.4) is 0 Å². The second kappa shape index (κ2) is 7.90. The molecule has 2 aromatic heterocycles. The van der Waals surface area contributed by atoms with Crippen molar-refractivity contribution in [3.8, 4) is 11.1 Å². The van der Waals surface area contributed by atoms with Crippen molar-refractivity contribution in [2.24, 2.45) is 0 Å². The molecule has 0 aliphatic rings. The van der Waals surface area contributed by atoms with Crippen LogP contribution in [0.2, 0.25) is 0 Å². The molecule has 0 N–H and O–H groups in total. The van der Waals surface area contributed by atoms with Crippen LogP contribution in [0.1, 0.15) is 28.8 Å². The molecule has 0 saturated carbocycles. The predicted octanol–water partition coefficient (Wildman–Crippen LogP) is 3.01. The van der Waals surface area contributed by atoms with Crippen molar-refractivity contribution < 1.29 is 19.1 Å². The Balaban J connectivity index is 2.05. The third kappa shape index (κ3) is 3.16. The Hall–Kier alpha value is -3.81. The number of hydrogen-bond donors (Lipinski definition) is 0. The summed E-state index contributed by atoms with van der Waals surface area (Å²) in [5.41, 5.74) is 3.25. The van der Waals surface area contributed by atoms with Crippen LogP contribution < -0.4 is 0 Å². The lowest BCUT2D eigenvalue weighted by atomic mass is 9.97. The summed E-state index contributed by atoms with van der Waals surface area (Å²) < 4.78 is 11.1. The van der Waals surface area contributed by atoms with Gasteiger partial charge in [-0.1, -0.05) is 49.4 Å². The fraction of sp³-hybridized carbons (Fsp3) is 0.227. The first kappa shape index (κ1) is 19.5. The van der Waals surface area contributed by atoms with Gasteiger partial charge in [0.2, 0.25) is 0 Å². The number of hydrogen-bond acceptors (Lipinski definition) is 7. The van der Waals surface area contributed by atoms with E-state index in [1.165, 1.54) is 18.7 Å². The molecule has 2 aromatic carbocycles. The molecular weight excluding hydrogens is 384 g/mol. The summed E-state index contributed by atoms with van der Waals surface area (Å²) in [4.78, 5) is 24.3. The zero-order chi connectivity index (χ0) is 21.3. The van der Waals surface area contributed by atoms with Gasteiger partial charge in [-0.2, -0.15) is 5.10 Å². The minimum atomic E-state index is -0.691. The Bertz CT molecular complexity index is 1270. The van der Waals surface area contributed by atoms with Gasteiger partial charge < -0.3 is 9.47 Å². The van der Waals surface area contributed by atoms with Crippen LogP contribution in [0.4, 0.5) is 0 Å². The van der Waals surface area contributed by atoms with Crippen molar-refractivity contribution in [1.82, 2.24) is 19.8 Å². The molecule has 0 bridgehead atoms. The lowest BCUT2D eigenvalue weighted by Gasteiger charge is -2.09. The van der Waals surface area contributed by atoms with Gasteiger partial charge in [-0.05, 0) is 22.8 Å². The van der Waals surface area contributed by atoms with Crippen LogP contribution in [0.25, 0.3) is 27.5 Å². The van der Waals surface area contributed by atoms with E-state index < -0.39 is 11.9 Å². The third-order valence-corrected chi connectivity index (χ3v) is 5.02. The Morgan fingerprint density at radius 1 is 1.00 bits per heavy atom. The van der Waals surface area contributed by atoms with Crippen molar-refractivity contribution in [2.45, 2.75) is 19.8 Å². The summed E-state index contributed by atoms with van der Waals surface area (Å²) in [7, 11) is 2.53. The smallest absolute Gasteiger partial charge is 0.360 e. The molecule has 8 heteroatoms. The van der Waals surface area contributed by atoms with Crippen LogP contribution in [-0.2, 0) is 27.1 Å². The average Bonchev–Trinajstić information content (AvgIpc) is 3.17. The average molecular weight is 404 g/mol. The number of esters is 2. The lowest BCUT2D eigenvalue weighted by molar-refractivity contribution is -0.139. The molecule has 0 amide bonds. The standard InChI is InChI=1S/C22H20N4O4/c1-4-16-19(15-11-7-9-13-8-5-6-10-14(13)15)21-24-23-20(22(28)30-3)17(26(21)25-16)12-18(27)29-2/h5-11H,4,12H2,1-3H3. The number of nitrogens with zero attached hydrogens (tertiary/aromatic N) is 4. The zero-order valence-corrected chi connectivity index (χ0v) is 16.9. The summed E-state index contributed by atoms with van der Waals surface area (Å²) in [6, 6.07) is 14.1. The molecule has 0 aliphatic carbocycles. The third-order valence-electron chi connectivity index (χ3n) is 5.02. The number of methoxy groups -OCH3 is 2. The molecule has 0 fully saturated rings. The Morgan fingerprint density at radius 3 is 2.50 bits per heavy atom. The molecule has 8 nitrogen and oxygen atoms in total. The Labute approximate surface area is 172 Å². The van der Waals surface area contributed by atoms with Crippen molar-refractivity contribution in [2.75, 3.05) is 14.2 Å². The van der Waals surface area contributed by atoms with Gasteiger partial charge in [0.1, 0.15) is 0 Å². The second-order valence-corrected chi connectivity index (χ2v) is 6.68. The first-order valence-electron chi connectivity index (χ1n) is 9.49. The van der Waals surface area contributed by atoms with Crippen molar-refractivity contribution in [3.63, 3.8) is 0 Å². The van der Waals surface area contributed by atoms with E-state index in [-0.39, 0.29) is 17.8 Å². The first-order chi connectivity index (χ1) is 14.6. The quantitative estimate of drug-likeness (QED) is 0.472. The summed E-state index contributed by atoms with van der Waals surface area (Å²) >= 11 is 0. The number of carbonyl (C=O) groups excluding carboxylic acids is 2. The molecule has 0 saturated heterocycles. The lowest BCUT2D eigenvalue weighted by Crippen LogP contribution is -2.19. The van der Waals surface area contributed by atoms with Crippen LogP contribution in [0.15, 0.2) is 42.5 Å². The summed E-state index contributed by atoms with van der Waals surface area (Å²) in [6.45, 7) is 1.99. The molecule has 4 aromatic rings. The largest absolute Gasteiger partial charge is 0.469 e. The van der Waals surface area contributed by atoms with Gasteiger partial charge in [-0.15, -0.1) is 10.2 Å². The van der Waals surface area contributed by atoms with Crippen LogP contribution in [0, 0.1) is 0 Å². The molecule has 0 spiro atoms. The minimum absolute atomic E-state index is 0.0648. The van der Waals surface area contributed by atoms with Crippen molar-refractivity contribution in [3.05, 3.63) is 59.5 Å². The summed E-state index contributed by atoms with van der Waals surface area (Å²) in [6.07, 6.45) is 0.444. The minimum Gasteiger partial charge on any atom is -0.469 e. The van der Waals surface area contributed by atoms with Crippen molar-refractivity contribution >= 4 is 28.4 Å². The van der Waals surface area contributed by atoms with E-state index >= 15 is 0 Å². The molecule has 0 atom stereocenters. The topological polar surface area (TPSA) is 95.7 Å². The fourth-order valence-electron chi connectivity index (χ4n) is 3.58. The van der Waals surface area contributed by atoms with Crippen LogP contribution in [0.5, 0.6) is 0 Å². The van der Waals surface area contributed by atoms with E-state index in [0.717, 1.165) is 27.6 Å². The van der Waals surface area contributed by atoms with Gasteiger partial charge in [0.15, 0.2) is 11.3 Å². The van der Waals surface area contributed by atoms with Gasteiger partial charge in [-0.3, -0.25) is 4.79 Å². The normalized spacial score (nSPS) is 11.0. The fourth-order valence-corrected chi connectivity index (χ4v) is 3.58. The molecular formula is C22H20N4O4. The summed E-state index contributed by atoms with van der Waals surface area (Å²) in [5, 5.41) is 15.2. The molecule has 0 radical (unpaired) electrons. The van der Waals surface area contributed by atoms with Gasteiger partial charge in [0.25, 0.3) is 0 Å². The first-order valence-corrected chi connectivity index (χ1v) is 9.49. The van der Waals surface area contributed by atoms with E-state index in [1.807, 2.05) is 49.4 Å². The number of aromatic nitrogens is 4. The van der Waals surface area contributed by atoms with E-state index in [2.05, 4.69) is 15.3 Å². The van der Waals surface area contributed by atoms with Gasteiger partial charge >= 0.3 is 11.9 Å². The van der Waals surface area contributed by atoms with E-state index in [4.69, 9.17) is 9.47 Å². The molecule has 0 aliphatic heterocycles. The number of fused-ring (bicyclic) bond motifs is 2. The Morgan fingerprint density at radius 2 is 1.77 bits per heavy atom. The number of ether oxygens (including phenoxy) is 2. The molecule has 30 heavy (non-hydrogen) atoms. The van der Waals surface area contributed by atoms with Gasteiger partial charge in [0, 0.05) is 0 Å².